The summed E-state index contributed by atoms with van der Waals surface area (Å²) in [7, 11) is -1.68. The van der Waals surface area contributed by atoms with Gasteiger partial charge in [0.1, 0.15) is 11.4 Å². The van der Waals surface area contributed by atoms with Crippen LogP contribution in [0.2, 0.25) is 19.6 Å². The van der Waals surface area contributed by atoms with Crippen LogP contribution in [-0.2, 0) is 31.9 Å². The number of aryl methyl sites for hydroxylation is 1. The van der Waals surface area contributed by atoms with E-state index in [1.165, 1.54) is 0 Å². The second-order valence-electron chi connectivity index (χ2n) is 19.4. The van der Waals surface area contributed by atoms with Crippen molar-refractivity contribution in [3.63, 3.8) is 0 Å². The molecule has 0 amide bonds. The van der Waals surface area contributed by atoms with Crippen LogP contribution in [-0.4, -0.2) is 22.6 Å². The number of imidazole rings is 1. The van der Waals surface area contributed by atoms with Crippen LogP contribution in [0.5, 0.6) is 0 Å². The summed E-state index contributed by atoms with van der Waals surface area (Å²) in [5.74, 6) is 0.384. The minimum atomic E-state index is -1.68. The van der Waals surface area contributed by atoms with Gasteiger partial charge in [-0.15, -0.1) is 59.2 Å². The molecule has 3 heterocycles. The first-order chi connectivity index (χ1) is 32.4. The van der Waals surface area contributed by atoms with Gasteiger partial charge >= 0.3 is 0 Å². The molecule has 0 bridgehead atoms. The fourth-order valence-corrected chi connectivity index (χ4v) is 10.2. The van der Waals surface area contributed by atoms with Gasteiger partial charge in [-0.25, -0.2) is 4.39 Å². The summed E-state index contributed by atoms with van der Waals surface area (Å²) >= 11 is 0. The van der Waals surface area contributed by atoms with Crippen molar-refractivity contribution in [3.8, 4) is 50.6 Å². The van der Waals surface area contributed by atoms with Gasteiger partial charge in [0.25, 0.3) is 0 Å². The zero-order valence-corrected chi connectivity index (χ0v) is 42.9. The smallest absolute Gasteiger partial charge is 0.128 e. The number of rotatable bonds is 8. The molecule has 339 valence electrons. The first-order valence-corrected chi connectivity index (χ1v) is 26.2. The van der Waals surface area contributed by atoms with E-state index in [2.05, 4.69) is 105 Å². The van der Waals surface area contributed by atoms with E-state index in [1.807, 2.05) is 124 Å². The molecular weight excluding hydrogens is 1020 g/mol. The average molecular weight is 1080 g/mol. The van der Waals surface area contributed by atoms with Gasteiger partial charge in [0.2, 0.25) is 0 Å². The zero-order valence-electron chi connectivity index (χ0n) is 41.5. The van der Waals surface area contributed by atoms with Gasteiger partial charge in [-0.2, -0.15) is 0 Å². The van der Waals surface area contributed by atoms with Gasteiger partial charge < -0.3 is 14.0 Å². The molecule has 0 fully saturated rings. The zero-order chi connectivity index (χ0) is 48.1. The molecule has 0 saturated heterocycles. The fraction of sp³-hybridized carbons (Fsp3) is 0.200. The van der Waals surface area contributed by atoms with Gasteiger partial charge in [-0.3, -0.25) is 4.98 Å². The third-order valence-electron chi connectivity index (χ3n) is 12.0. The van der Waals surface area contributed by atoms with E-state index < -0.39 is 14.4 Å². The average Bonchev–Trinajstić information content (AvgIpc) is 3.90. The normalized spacial score (nSPS) is 12.5. The molecule has 0 unspecified atom stereocenters. The molecule has 0 N–H and O–H groups in total. The van der Waals surface area contributed by atoms with Crippen LogP contribution in [0.1, 0.15) is 54.1 Å². The van der Waals surface area contributed by atoms with E-state index >= 15 is 4.39 Å². The van der Waals surface area contributed by atoms with Gasteiger partial charge in [-0.05, 0) is 69.5 Å². The first-order valence-electron chi connectivity index (χ1n) is 23.7. The summed E-state index contributed by atoms with van der Waals surface area (Å²) < 4.78 is 41.3. The summed E-state index contributed by atoms with van der Waals surface area (Å²) in [6.07, 6.45) is 0.535. The van der Waals surface area contributed by atoms with Crippen molar-refractivity contribution >= 4 is 46.2 Å². The molecule has 0 saturated carbocycles. The van der Waals surface area contributed by atoms with Crippen LogP contribution < -0.4 is 5.19 Å². The Bertz CT molecular complexity index is 3460. The maximum absolute atomic E-state index is 15.4. The standard InChI is InChI=1S/C41H30FN2O.C19H26NSi.Ir/c1-41(2,3)34-25-29(42)24-32(27-15-8-5-9-16-27)38(34)44-36-20-11-10-19-35(36)43-40(44)28-21-22-37-33(23-28)31-18-12-17-30(39(31)45-37)26-13-6-4-7-14-26;1-14(2)11-16-12-18(17-10-8-7-9-15(17)3)20-13-19(16)21(4,5)6;/h4-20,22-25H,1-3H3;7-9,12-14H,11H2,1-6H3;/q2*-1;/i;11D2;. The molecule has 67 heavy (non-hydrogen) atoms. The van der Waals surface area contributed by atoms with Crippen molar-refractivity contribution in [2.75, 3.05) is 0 Å². The Kier molecular flexibility index (Phi) is 12.8. The molecule has 10 aromatic rings. The minimum Gasteiger partial charge on any atom is -0.500 e. The van der Waals surface area contributed by atoms with E-state index in [0.29, 0.717) is 0 Å². The summed E-state index contributed by atoms with van der Waals surface area (Å²) in [5, 5.41) is 3.13. The van der Waals surface area contributed by atoms with Crippen LogP contribution in [0.4, 0.5) is 4.39 Å². The predicted molar refractivity (Wildman–Crippen MR) is 277 cm³/mol. The van der Waals surface area contributed by atoms with Crippen molar-refractivity contribution < 1.29 is 31.7 Å². The van der Waals surface area contributed by atoms with E-state index in [-0.39, 0.29) is 37.3 Å². The van der Waals surface area contributed by atoms with E-state index in [9.17, 15) is 0 Å². The SMILES string of the molecule is CC(C)(C)c1cc(F)cc(-c2ccccc2)c1-n1c(-c2[c-]cc3oc4c(-c5ccccc5)cccc4c3c2)nc2ccccc21.[2H]C([2H])(c1cc(-c2[c-]cccc2C)ncc1[Si](C)(C)C)C(C)C.[Ir]. The molecule has 0 spiro atoms. The van der Waals surface area contributed by atoms with Crippen LogP contribution in [0.15, 0.2) is 162 Å². The molecule has 0 aliphatic rings. The Balaban J connectivity index is 0.000000227. The number of hydrogen-bond acceptors (Lipinski definition) is 3. The van der Waals surface area contributed by atoms with E-state index in [4.69, 9.17) is 12.1 Å². The van der Waals surface area contributed by atoms with Crippen molar-refractivity contribution in [1.29, 1.82) is 0 Å². The second-order valence-corrected chi connectivity index (χ2v) is 24.4. The molecule has 1 radical (unpaired) electrons. The number of halogens is 1. The Morgan fingerprint density at radius 3 is 2.13 bits per heavy atom. The van der Waals surface area contributed by atoms with Crippen LogP contribution >= 0.6 is 0 Å². The topological polar surface area (TPSA) is 43.9 Å². The Morgan fingerprint density at radius 2 is 1.46 bits per heavy atom. The number of nitrogens with zero attached hydrogens (tertiary/aromatic N) is 3. The number of fused-ring (bicyclic) bond motifs is 4. The van der Waals surface area contributed by atoms with Crippen LogP contribution in [0.3, 0.4) is 0 Å². The third kappa shape index (κ3) is 9.65. The van der Waals surface area contributed by atoms with Gasteiger partial charge in [0, 0.05) is 45.6 Å². The Morgan fingerprint density at radius 1 is 0.776 bits per heavy atom. The van der Waals surface area contributed by atoms with Crippen LogP contribution in [0.25, 0.3) is 83.6 Å². The fourth-order valence-electron chi connectivity index (χ4n) is 8.82. The number of pyridine rings is 1. The molecule has 7 aromatic carbocycles. The quantitative estimate of drug-likeness (QED) is 0.112. The summed E-state index contributed by atoms with van der Waals surface area (Å²) in [4.78, 5) is 9.83. The monoisotopic (exact) mass is 1080 g/mol. The predicted octanol–water partition coefficient (Wildman–Crippen LogP) is 15.8. The van der Waals surface area contributed by atoms with E-state index in [1.54, 1.807) is 12.1 Å². The molecule has 0 atom stereocenters. The maximum Gasteiger partial charge on any atom is 0.128 e. The van der Waals surface area contributed by atoms with E-state index in [0.717, 1.165) is 105 Å². The van der Waals surface area contributed by atoms with Gasteiger partial charge in [-0.1, -0.05) is 169 Å². The van der Waals surface area contributed by atoms with Gasteiger partial charge in [0.05, 0.1) is 36.2 Å². The van der Waals surface area contributed by atoms with Crippen molar-refractivity contribution in [1.82, 2.24) is 14.5 Å². The summed E-state index contributed by atoms with van der Waals surface area (Å²) in [6, 6.07) is 56.6. The van der Waals surface area contributed by atoms with Crippen molar-refractivity contribution in [2.24, 2.45) is 5.92 Å². The van der Waals surface area contributed by atoms with Crippen LogP contribution in [0, 0.1) is 30.8 Å². The Labute approximate surface area is 412 Å². The molecule has 0 aliphatic heterocycles. The molecule has 4 nitrogen and oxygen atoms in total. The molecule has 7 heteroatoms. The molecule has 0 aliphatic carbocycles. The number of aromatic nitrogens is 3. The second kappa shape index (κ2) is 19.2. The number of furan rings is 1. The summed E-state index contributed by atoms with van der Waals surface area (Å²) in [5.41, 5.74) is 13.3. The number of benzene rings is 7. The first kappa shape index (κ1) is 44.6. The third-order valence-corrected chi connectivity index (χ3v) is 14.0. The number of para-hydroxylation sites is 3. The van der Waals surface area contributed by atoms with Crippen molar-refractivity contribution in [2.45, 2.75) is 73.0 Å². The molecule has 10 rings (SSSR count). The molecular formula is C60H56FIrN3OSi-2. The largest absolute Gasteiger partial charge is 0.500 e. The summed E-state index contributed by atoms with van der Waals surface area (Å²) in [6.45, 7) is 19.0. The minimum absolute atomic E-state index is 0. The van der Waals surface area contributed by atoms with Crippen molar-refractivity contribution in [3.05, 3.63) is 192 Å². The Hall–Kier alpha value is -6.24. The maximum atomic E-state index is 15.4. The molecule has 3 aromatic heterocycles. The van der Waals surface area contributed by atoms with Gasteiger partial charge in [0.15, 0.2) is 0 Å². The number of hydrogen-bond donors (Lipinski definition) is 0.